The highest BCUT2D eigenvalue weighted by atomic mass is 127. The number of benzene rings is 1. The molecule has 1 aromatic carbocycles. The van der Waals surface area contributed by atoms with Crippen molar-refractivity contribution in [2.75, 3.05) is 0 Å². The fourth-order valence-electron chi connectivity index (χ4n) is 1.73. The predicted octanol–water partition coefficient (Wildman–Crippen LogP) is 3.70. The molecule has 1 aliphatic carbocycles. The third-order valence-corrected chi connectivity index (χ3v) is 3.68. The van der Waals surface area contributed by atoms with Crippen LogP contribution in [0.15, 0.2) is 24.4 Å². The van der Waals surface area contributed by atoms with Gasteiger partial charge in [-0.25, -0.2) is 9.37 Å². The Morgan fingerprint density at radius 1 is 1.38 bits per heavy atom. The molecule has 0 amide bonds. The molecule has 82 valence electrons. The Kier molecular flexibility index (Phi) is 2.46. The van der Waals surface area contributed by atoms with E-state index in [9.17, 15) is 4.39 Å². The van der Waals surface area contributed by atoms with E-state index in [1.54, 1.807) is 6.07 Å². The number of H-pyrrole nitrogens is 1. The van der Waals surface area contributed by atoms with Crippen LogP contribution in [-0.2, 0) is 0 Å². The first-order chi connectivity index (χ1) is 7.74. The second-order valence-electron chi connectivity index (χ2n) is 4.09. The summed E-state index contributed by atoms with van der Waals surface area (Å²) in [5, 5.41) is 0. The van der Waals surface area contributed by atoms with Gasteiger partial charge in [-0.1, -0.05) is 6.07 Å². The van der Waals surface area contributed by atoms with Crippen molar-refractivity contribution in [3.63, 3.8) is 0 Å². The smallest absolute Gasteiger partial charge is 0.137 e. The Balaban J connectivity index is 1.97. The molecule has 1 heterocycles. The number of imidazole rings is 1. The maximum atomic E-state index is 13.4. The van der Waals surface area contributed by atoms with Crippen LogP contribution >= 0.6 is 22.6 Å². The lowest BCUT2D eigenvalue weighted by atomic mass is 10.2. The summed E-state index contributed by atoms with van der Waals surface area (Å²) in [6, 6.07) is 5.18. The van der Waals surface area contributed by atoms with Gasteiger partial charge in [0.25, 0.3) is 0 Å². The first-order valence-corrected chi connectivity index (χ1v) is 6.32. The second kappa shape index (κ2) is 3.84. The number of hydrogen-bond acceptors (Lipinski definition) is 1. The van der Waals surface area contributed by atoms with Crippen molar-refractivity contribution in [3.05, 3.63) is 39.5 Å². The molecule has 0 aliphatic heterocycles. The Morgan fingerprint density at radius 2 is 2.19 bits per heavy atom. The van der Waals surface area contributed by atoms with Crippen LogP contribution in [0.4, 0.5) is 4.39 Å². The minimum Gasteiger partial charge on any atom is -0.342 e. The Hall–Kier alpha value is -0.910. The minimum atomic E-state index is -0.192. The number of hydrogen-bond donors (Lipinski definition) is 1. The van der Waals surface area contributed by atoms with Gasteiger partial charge < -0.3 is 4.98 Å². The summed E-state index contributed by atoms with van der Waals surface area (Å²) in [5.74, 6) is 1.22. The molecule has 3 rings (SSSR count). The fourth-order valence-corrected chi connectivity index (χ4v) is 2.06. The maximum absolute atomic E-state index is 13.4. The highest BCUT2D eigenvalue weighted by molar-refractivity contribution is 14.1. The van der Waals surface area contributed by atoms with Crippen molar-refractivity contribution in [1.82, 2.24) is 9.97 Å². The zero-order valence-corrected chi connectivity index (χ0v) is 10.7. The largest absolute Gasteiger partial charge is 0.342 e. The van der Waals surface area contributed by atoms with Crippen molar-refractivity contribution < 1.29 is 4.39 Å². The molecule has 1 fully saturated rings. The van der Waals surface area contributed by atoms with E-state index in [-0.39, 0.29) is 5.82 Å². The summed E-state index contributed by atoms with van der Waals surface area (Å²) in [7, 11) is 0. The Bertz CT molecular complexity index is 532. The van der Waals surface area contributed by atoms with Gasteiger partial charge in [-0.3, -0.25) is 0 Å². The van der Waals surface area contributed by atoms with E-state index in [2.05, 4.69) is 9.97 Å². The van der Waals surface area contributed by atoms with Crippen LogP contribution in [0.5, 0.6) is 0 Å². The zero-order chi connectivity index (χ0) is 11.1. The normalized spacial score (nSPS) is 15.4. The van der Waals surface area contributed by atoms with Gasteiger partial charge in [0.05, 0.1) is 0 Å². The maximum Gasteiger partial charge on any atom is 0.137 e. The molecule has 0 unspecified atom stereocenters. The number of nitrogens with zero attached hydrogens (tertiary/aromatic N) is 1. The molecule has 2 aromatic rings. The lowest BCUT2D eigenvalue weighted by Gasteiger charge is -1.99. The molecule has 16 heavy (non-hydrogen) atoms. The third-order valence-electron chi connectivity index (χ3n) is 2.81. The van der Waals surface area contributed by atoms with E-state index < -0.39 is 0 Å². The average Bonchev–Trinajstić information content (AvgIpc) is 3.01. The number of nitrogens with one attached hydrogen (secondary N) is 1. The van der Waals surface area contributed by atoms with Gasteiger partial charge in [0.15, 0.2) is 0 Å². The van der Waals surface area contributed by atoms with E-state index in [0.29, 0.717) is 9.49 Å². The van der Waals surface area contributed by atoms with Crippen LogP contribution in [0.2, 0.25) is 0 Å². The van der Waals surface area contributed by atoms with Gasteiger partial charge in [-0.2, -0.15) is 0 Å². The second-order valence-corrected chi connectivity index (χ2v) is 5.25. The van der Waals surface area contributed by atoms with Crippen molar-refractivity contribution in [2.24, 2.45) is 0 Å². The SMILES string of the molecule is Fc1cc(-c2ncc(C3CC3)[nH]2)ccc1I. The van der Waals surface area contributed by atoms with Crippen molar-refractivity contribution in [3.8, 4) is 11.4 Å². The van der Waals surface area contributed by atoms with Gasteiger partial charge >= 0.3 is 0 Å². The Labute approximate surface area is 106 Å². The molecule has 0 radical (unpaired) electrons. The zero-order valence-electron chi connectivity index (χ0n) is 8.50. The molecular weight excluding hydrogens is 318 g/mol. The standard InChI is InChI=1S/C12H10FIN2/c13-9-5-8(3-4-10(9)14)12-15-6-11(16-12)7-1-2-7/h3-7H,1-2H2,(H,15,16). The summed E-state index contributed by atoms with van der Waals surface area (Å²) >= 11 is 1.98. The van der Waals surface area contributed by atoms with Crippen LogP contribution in [-0.4, -0.2) is 9.97 Å². The molecule has 1 saturated carbocycles. The van der Waals surface area contributed by atoms with Crippen LogP contribution in [0.3, 0.4) is 0 Å². The summed E-state index contributed by atoms with van der Waals surface area (Å²) in [4.78, 5) is 7.55. The molecular formula is C12H10FIN2. The van der Waals surface area contributed by atoms with E-state index in [4.69, 9.17) is 0 Å². The molecule has 0 bridgehead atoms. The van der Waals surface area contributed by atoms with E-state index in [1.807, 2.05) is 34.9 Å². The quantitative estimate of drug-likeness (QED) is 0.837. The highest BCUT2D eigenvalue weighted by Gasteiger charge is 2.25. The highest BCUT2D eigenvalue weighted by Crippen LogP contribution is 2.39. The van der Waals surface area contributed by atoms with E-state index in [0.717, 1.165) is 11.4 Å². The summed E-state index contributed by atoms with van der Waals surface area (Å²) in [6.45, 7) is 0. The number of aromatic amines is 1. The van der Waals surface area contributed by atoms with Gasteiger partial charge in [-0.05, 0) is 47.6 Å². The number of rotatable bonds is 2. The molecule has 0 spiro atoms. The average molecular weight is 328 g/mol. The van der Waals surface area contributed by atoms with Crippen LogP contribution in [0.25, 0.3) is 11.4 Å². The van der Waals surface area contributed by atoms with Gasteiger partial charge in [0, 0.05) is 26.9 Å². The predicted molar refractivity (Wildman–Crippen MR) is 68.7 cm³/mol. The van der Waals surface area contributed by atoms with Crippen LogP contribution in [0, 0.1) is 9.39 Å². The molecule has 4 heteroatoms. The molecule has 1 aliphatic rings. The summed E-state index contributed by atoms with van der Waals surface area (Å²) in [5.41, 5.74) is 1.98. The van der Waals surface area contributed by atoms with Crippen molar-refractivity contribution in [2.45, 2.75) is 18.8 Å². The Morgan fingerprint density at radius 3 is 2.88 bits per heavy atom. The summed E-state index contributed by atoms with van der Waals surface area (Å²) < 4.78 is 14.0. The van der Waals surface area contributed by atoms with Crippen LogP contribution in [0.1, 0.15) is 24.5 Å². The first kappa shape index (κ1) is 10.3. The molecule has 2 nitrogen and oxygen atoms in total. The summed E-state index contributed by atoms with van der Waals surface area (Å²) in [6.07, 6.45) is 4.34. The van der Waals surface area contributed by atoms with Crippen molar-refractivity contribution >= 4 is 22.6 Å². The number of halogens is 2. The van der Waals surface area contributed by atoms with Gasteiger partial charge in [0.1, 0.15) is 11.6 Å². The molecule has 0 saturated heterocycles. The molecule has 1 aromatic heterocycles. The van der Waals surface area contributed by atoms with Gasteiger partial charge in [-0.15, -0.1) is 0 Å². The molecule has 0 atom stereocenters. The minimum absolute atomic E-state index is 0.192. The van der Waals surface area contributed by atoms with Crippen molar-refractivity contribution in [1.29, 1.82) is 0 Å². The molecule has 1 N–H and O–H groups in total. The topological polar surface area (TPSA) is 28.7 Å². The fraction of sp³-hybridized carbons (Fsp3) is 0.250. The van der Waals surface area contributed by atoms with E-state index >= 15 is 0 Å². The lowest BCUT2D eigenvalue weighted by Crippen LogP contribution is -1.86. The lowest BCUT2D eigenvalue weighted by molar-refractivity contribution is 0.620. The first-order valence-electron chi connectivity index (χ1n) is 5.24. The van der Waals surface area contributed by atoms with Gasteiger partial charge in [0.2, 0.25) is 0 Å². The van der Waals surface area contributed by atoms with E-state index in [1.165, 1.54) is 24.6 Å². The van der Waals surface area contributed by atoms with Crippen LogP contribution < -0.4 is 0 Å². The monoisotopic (exact) mass is 328 g/mol. The third kappa shape index (κ3) is 1.86. The number of aromatic nitrogens is 2.